The molecular formula is C10H16N2O4. The Bertz CT molecular complexity index is 291. The third kappa shape index (κ3) is 3.63. The van der Waals surface area contributed by atoms with Crippen LogP contribution in [-0.4, -0.2) is 54.9 Å². The van der Waals surface area contributed by atoms with E-state index in [1.165, 1.54) is 17.1 Å². The monoisotopic (exact) mass is 228 g/mol. The fourth-order valence-electron chi connectivity index (χ4n) is 1.34. The number of rotatable bonds is 6. The Kier molecular flexibility index (Phi) is 4.94. The molecule has 2 N–H and O–H groups in total. The Labute approximate surface area is 93.9 Å². The average Bonchev–Trinajstić information content (AvgIpc) is 2.57. The lowest BCUT2D eigenvalue weighted by molar-refractivity contribution is -0.131. The zero-order chi connectivity index (χ0) is 12.0. The summed E-state index contributed by atoms with van der Waals surface area (Å²) >= 11 is 0. The van der Waals surface area contributed by atoms with Crippen LogP contribution in [0.2, 0.25) is 0 Å². The molecule has 6 nitrogen and oxygen atoms in total. The van der Waals surface area contributed by atoms with Gasteiger partial charge in [0.2, 0.25) is 11.8 Å². The molecule has 1 aliphatic rings. The summed E-state index contributed by atoms with van der Waals surface area (Å²) in [5, 5.41) is 12.0. The number of nitrogens with one attached hydrogen (secondary N) is 1. The summed E-state index contributed by atoms with van der Waals surface area (Å²) in [6.45, 7) is 1.12. The van der Waals surface area contributed by atoms with Crippen LogP contribution in [0.25, 0.3) is 0 Å². The van der Waals surface area contributed by atoms with Gasteiger partial charge in [-0.2, -0.15) is 0 Å². The van der Waals surface area contributed by atoms with Crippen LogP contribution < -0.4 is 5.32 Å². The highest BCUT2D eigenvalue weighted by atomic mass is 16.5. The van der Waals surface area contributed by atoms with Gasteiger partial charge in [-0.1, -0.05) is 0 Å². The van der Waals surface area contributed by atoms with Gasteiger partial charge in [0.25, 0.3) is 0 Å². The van der Waals surface area contributed by atoms with E-state index in [0.29, 0.717) is 13.2 Å². The van der Waals surface area contributed by atoms with E-state index in [-0.39, 0.29) is 24.8 Å². The summed E-state index contributed by atoms with van der Waals surface area (Å²) in [6.07, 6.45) is 1.96. The van der Waals surface area contributed by atoms with Gasteiger partial charge < -0.3 is 20.1 Å². The molecule has 0 aromatic carbocycles. The quantitative estimate of drug-likeness (QED) is 0.563. The maximum Gasteiger partial charge on any atom is 0.248 e. The second-order valence-electron chi connectivity index (χ2n) is 3.40. The molecule has 2 amide bonds. The van der Waals surface area contributed by atoms with E-state index in [4.69, 9.17) is 4.74 Å². The smallest absolute Gasteiger partial charge is 0.248 e. The number of hydrogen-bond acceptors (Lipinski definition) is 4. The van der Waals surface area contributed by atoms with Gasteiger partial charge in [0.1, 0.15) is 6.23 Å². The van der Waals surface area contributed by atoms with E-state index in [9.17, 15) is 14.7 Å². The highest BCUT2D eigenvalue weighted by Gasteiger charge is 2.23. The fraction of sp³-hybridized carbons (Fsp3) is 0.600. The molecule has 6 heteroatoms. The van der Waals surface area contributed by atoms with Crippen molar-refractivity contribution >= 4 is 11.8 Å². The van der Waals surface area contributed by atoms with Crippen molar-refractivity contribution in [2.45, 2.75) is 12.6 Å². The van der Waals surface area contributed by atoms with E-state index >= 15 is 0 Å². The Morgan fingerprint density at radius 1 is 1.69 bits per heavy atom. The number of ether oxygens (including phenoxy) is 1. The lowest BCUT2D eigenvalue weighted by Crippen LogP contribution is -2.37. The largest absolute Gasteiger partial charge is 0.383 e. The fourth-order valence-corrected chi connectivity index (χ4v) is 1.34. The topological polar surface area (TPSA) is 78.9 Å². The first-order valence-corrected chi connectivity index (χ1v) is 5.07. The molecule has 0 aromatic heterocycles. The normalized spacial score (nSPS) is 19.2. The van der Waals surface area contributed by atoms with Crippen molar-refractivity contribution < 1.29 is 19.4 Å². The van der Waals surface area contributed by atoms with Crippen molar-refractivity contribution in [1.29, 1.82) is 0 Å². The van der Waals surface area contributed by atoms with Crippen LogP contribution in [-0.2, 0) is 14.3 Å². The summed E-state index contributed by atoms with van der Waals surface area (Å²) < 4.78 is 4.78. The van der Waals surface area contributed by atoms with Crippen molar-refractivity contribution in [3.05, 3.63) is 12.2 Å². The number of carbonyl (C=O) groups excluding carboxylic acids is 2. The molecular weight excluding hydrogens is 212 g/mol. The Hall–Kier alpha value is -1.40. The third-order valence-corrected chi connectivity index (χ3v) is 2.22. The number of hydrogen-bond donors (Lipinski definition) is 2. The zero-order valence-corrected chi connectivity index (χ0v) is 9.18. The first kappa shape index (κ1) is 12.7. The van der Waals surface area contributed by atoms with Gasteiger partial charge in [0.05, 0.1) is 6.61 Å². The van der Waals surface area contributed by atoms with Crippen molar-refractivity contribution in [2.75, 3.05) is 26.8 Å². The van der Waals surface area contributed by atoms with Crippen molar-refractivity contribution in [2.24, 2.45) is 0 Å². The molecule has 0 saturated carbocycles. The number of methoxy groups -OCH3 is 1. The van der Waals surface area contributed by atoms with Crippen LogP contribution >= 0.6 is 0 Å². The van der Waals surface area contributed by atoms with Crippen molar-refractivity contribution in [3.8, 4) is 0 Å². The van der Waals surface area contributed by atoms with Crippen LogP contribution in [0.3, 0.4) is 0 Å². The minimum atomic E-state index is -0.903. The summed E-state index contributed by atoms with van der Waals surface area (Å²) in [5.41, 5.74) is 0. The van der Waals surface area contributed by atoms with Crippen LogP contribution in [0.5, 0.6) is 0 Å². The van der Waals surface area contributed by atoms with Crippen molar-refractivity contribution in [3.63, 3.8) is 0 Å². The Morgan fingerprint density at radius 3 is 3.00 bits per heavy atom. The van der Waals surface area contributed by atoms with E-state index in [1.807, 2.05) is 0 Å². The van der Waals surface area contributed by atoms with Crippen molar-refractivity contribution in [1.82, 2.24) is 10.2 Å². The number of amides is 2. The summed E-state index contributed by atoms with van der Waals surface area (Å²) in [7, 11) is 1.55. The first-order chi connectivity index (χ1) is 7.65. The molecule has 0 bridgehead atoms. The molecule has 1 unspecified atom stereocenters. The second kappa shape index (κ2) is 6.24. The molecule has 0 aliphatic carbocycles. The van der Waals surface area contributed by atoms with E-state index < -0.39 is 6.23 Å². The lowest BCUT2D eigenvalue weighted by Gasteiger charge is -2.19. The molecule has 0 aromatic rings. The molecule has 0 spiro atoms. The maximum atomic E-state index is 11.3. The molecule has 1 heterocycles. The van der Waals surface area contributed by atoms with Gasteiger partial charge in [0, 0.05) is 32.7 Å². The molecule has 0 radical (unpaired) electrons. The minimum Gasteiger partial charge on any atom is -0.383 e. The highest BCUT2D eigenvalue weighted by molar-refractivity contribution is 5.90. The van der Waals surface area contributed by atoms with Crippen LogP contribution in [0, 0.1) is 0 Å². The Balaban J connectivity index is 2.19. The predicted octanol–water partition coefficient (Wildman–Crippen LogP) is -1.14. The van der Waals surface area contributed by atoms with Crippen LogP contribution in [0.4, 0.5) is 0 Å². The number of aliphatic hydroxyl groups excluding tert-OH is 1. The minimum absolute atomic E-state index is 0.163. The summed E-state index contributed by atoms with van der Waals surface area (Å²) in [4.78, 5) is 23.7. The zero-order valence-electron chi connectivity index (χ0n) is 9.18. The van der Waals surface area contributed by atoms with Gasteiger partial charge in [-0.15, -0.1) is 0 Å². The van der Waals surface area contributed by atoms with E-state index in [0.717, 1.165) is 0 Å². The highest BCUT2D eigenvalue weighted by Crippen LogP contribution is 2.08. The molecule has 1 aliphatic heterocycles. The molecule has 0 fully saturated rings. The number of carbonyl (C=O) groups is 2. The van der Waals surface area contributed by atoms with Crippen LogP contribution in [0.15, 0.2) is 12.2 Å². The maximum absolute atomic E-state index is 11.3. The van der Waals surface area contributed by atoms with E-state index in [1.54, 1.807) is 7.11 Å². The number of nitrogens with zero attached hydrogens (tertiary/aromatic N) is 1. The third-order valence-electron chi connectivity index (χ3n) is 2.22. The van der Waals surface area contributed by atoms with Gasteiger partial charge in [0.15, 0.2) is 0 Å². The predicted molar refractivity (Wildman–Crippen MR) is 56.4 cm³/mol. The van der Waals surface area contributed by atoms with Gasteiger partial charge >= 0.3 is 0 Å². The average molecular weight is 228 g/mol. The summed E-state index contributed by atoms with van der Waals surface area (Å²) in [5.74, 6) is -0.429. The SMILES string of the molecule is COCCNC(=O)CCN1C(=O)C=CC1O. The molecule has 16 heavy (non-hydrogen) atoms. The Morgan fingerprint density at radius 2 is 2.44 bits per heavy atom. The van der Waals surface area contributed by atoms with Gasteiger partial charge in [-0.3, -0.25) is 9.59 Å². The lowest BCUT2D eigenvalue weighted by atomic mass is 10.3. The molecule has 0 saturated heterocycles. The van der Waals surface area contributed by atoms with Gasteiger partial charge in [-0.05, 0) is 6.08 Å². The summed E-state index contributed by atoms with van der Waals surface area (Å²) in [6, 6.07) is 0. The first-order valence-electron chi connectivity index (χ1n) is 5.07. The second-order valence-corrected chi connectivity index (χ2v) is 3.40. The molecule has 1 rings (SSSR count). The van der Waals surface area contributed by atoms with Gasteiger partial charge in [-0.25, -0.2) is 0 Å². The standard InChI is InChI=1S/C10H16N2O4/c1-16-7-5-11-8(13)4-6-12-9(14)2-3-10(12)15/h2-3,9,14H,4-7H2,1H3,(H,11,13). The molecule has 1 atom stereocenters. The van der Waals surface area contributed by atoms with Crippen LogP contribution in [0.1, 0.15) is 6.42 Å². The molecule has 90 valence electrons. The van der Waals surface area contributed by atoms with E-state index in [2.05, 4.69) is 5.32 Å². The number of aliphatic hydroxyl groups is 1.